The van der Waals surface area contributed by atoms with Crippen molar-refractivity contribution in [2.24, 2.45) is 0 Å². The van der Waals surface area contributed by atoms with E-state index in [2.05, 4.69) is 15.8 Å². The van der Waals surface area contributed by atoms with Crippen LogP contribution in [0.2, 0.25) is 0 Å². The molecule has 6 nitrogen and oxygen atoms in total. The predicted octanol–water partition coefficient (Wildman–Crippen LogP) is 2.26. The SMILES string of the molecule is C=CC(=O)OC(C)OP(=O)(O)Oc1ccccc1. The van der Waals surface area contributed by atoms with Crippen LogP contribution in [0.1, 0.15) is 6.92 Å². The maximum Gasteiger partial charge on any atom is 0.530 e. The van der Waals surface area contributed by atoms with Gasteiger partial charge in [0.25, 0.3) is 0 Å². The van der Waals surface area contributed by atoms with E-state index >= 15 is 0 Å². The van der Waals surface area contributed by atoms with E-state index in [4.69, 9.17) is 4.52 Å². The maximum atomic E-state index is 11.6. The summed E-state index contributed by atoms with van der Waals surface area (Å²) in [6, 6.07) is 7.98. The number of benzene rings is 1. The molecule has 0 heterocycles. The summed E-state index contributed by atoms with van der Waals surface area (Å²) in [5, 5.41) is 0. The summed E-state index contributed by atoms with van der Waals surface area (Å²) in [7, 11) is -4.35. The highest BCUT2D eigenvalue weighted by molar-refractivity contribution is 7.47. The number of phosphoric acid groups is 1. The Morgan fingerprint density at radius 1 is 1.44 bits per heavy atom. The van der Waals surface area contributed by atoms with Crippen LogP contribution in [-0.4, -0.2) is 17.2 Å². The Labute approximate surface area is 104 Å². The molecule has 0 spiro atoms. The fourth-order valence-electron chi connectivity index (χ4n) is 1.06. The lowest BCUT2D eigenvalue weighted by Gasteiger charge is -2.17. The van der Waals surface area contributed by atoms with Crippen LogP contribution < -0.4 is 4.52 Å². The van der Waals surface area contributed by atoms with Crippen LogP contribution in [-0.2, 0) is 18.6 Å². The molecule has 0 aromatic heterocycles. The molecule has 18 heavy (non-hydrogen) atoms. The van der Waals surface area contributed by atoms with Crippen molar-refractivity contribution in [3.63, 3.8) is 0 Å². The molecular weight excluding hydrogens is 259 g/mol. The molecule has 2 atom stereocenters. The second-order valence-electron chi connectivity index (χ2n) is 3.19. The zero-order valence-corrected chi connectivity index (χ0v) is 10.6. The smallest absolute Gasteiger partial charge is 0.432 e. The number of para-hydroxylation sites is 1. The highest BCUT2D eigenvalue weighted by Crippen LogP contribution is 2.44. The highest BCUT2D eigenvalue weighted by atomic mass is 31.2. The van der Waals surface area contributed by atoms with Gasteiger partial charge in [0.15, 0.2) is 0 Å². The van der Waals surface area contributed by atoms with Gasteiger partial charge in [-0.2, -0.15) is 0 Å². The first kappa shape index (κ1) is 14.4. The summed E-state index contributed by atoms with van der Waals surface area (Å²) in [6.45, 7) is 4.48. The second-order valence-corrected chi connectivity index (χ2v) is 4.52. The molecule has 1 rings (SSSR count). The minimum absolute atomic E-state index is 0.172. The third-order valence-electron chi connectivity index (χ3n) is 1.69. The number of esters is 1. The molecule has 7 heteroatoms. The number of rotatable bonds is 6. The number of carbonyl (C=O) groups excluding carboxylic acids is 1. The van der Waals surface area contributed by atoms with Gasteiger partial charge in [-0.1, -0.05) is 24.8 Å². The van der Waals surface area contributed by atoms with Crippen molar-refractivity contribution < 1.29 is 28.0 Å². The molecule has 0 fully saturated rings. The van der Waals surface area contributed by atoms with Crippen LogP contribution in [0.5, 0.6) is 5.75 Å². The van der Waals surface area contributed by atoms with Gasteiger partial charge in [-0.15, -0.1) is 0 Å². The van der Waals surface area contributed by atoms with Crippen LogP contribution in [0.3, 0.4) is 0 Å². The topological polar surface area (TPSA) is 82.1 Å². The molecule has 0 radical (unpaired) electrons. The van der Waals surface area contributed by atoms with Crippen LogP contribution >= 0.6 is 7.82 Å². The fraction of sp³-hybridized carbons (Fsp3) is 0.182. The molecule has 0 bridgehead atoms. The monoisotopic (exact) mass is 272 g/mol. The average Bonchev–Trinajstić information content (AvgIpc) is 2.28. The molecule has 1 N–H and O–H groups in total. The Morgan fingerprint density at radius 3 is 2.61 bits per heavy atom. The predicted molar refractivity (Wildman–Crippen MR) is 63.7 cm³/mol. The van der Waals surface area contributed by atoms with Crippen molar-refractivity contribution >= 4 is 13.8 Å². The Bertz CT molecular complexity index is 458. The summed E-state index contributed by atoms with van der Waals surface area (Å²) in [5.41, 5.74) is 0. The van der Waals surface area contributed by atoms with Crippen molar-refractivity contribution in [1.29, 1.82) is 0 Å². The van der Waals surface area contributed by atoms with Gasteiger partial charge in [-0.05, 0) is 19.1 Å². The molecule has 0 saturated carbocycles. The number of ether oxygens (including phenoxy) is 1. The zero-order chi connectivity index (χ0) is 13.6. The van der Waals surface area contributed by atoms with Crippen molar-refractivity contribution in [3.8, 4) is 5.75 Å². The molecule has 2 unspecified atom stereocenters. The van der Waals surface area contributed by atoms with E-state index in [0.29, 0.717) is 0 Å². The number of phosphoric ester groups is 1. The Hall–Kier alpha value is -1.62. The lowest BCUT2D eigenvalue weighted by molar-refractivity contribution is -0.156. The van der Waals surface area contributed by atoms with Crippen LogP contribution in [0.25, 0.3) is 0 Å². The molecule has 1 aromatic carbocycles. The van der Waals surface area contributed by atoms with Crippen LogP contribution in [0.15, 0.2) is 43.0 Å². The Kier molecular flexibility index (Phi) is 5.09. The third kappa shape index (κ3) is 5.14. The zero-order valence-electron chi connectivity index (χ0n) is 9.68. The van der Waals surface area contributed by atoms with Crippen LogP contribution in [0.4, 0.5) is 0 Å². The fourth-order valence-corrected chi connectivity index (χ4v) is 1.91. The van der Waals surface area contributed by atoms with Crippen molar-refractivity contribution in [2.45, 2.75) is 13.2 Å². The van der Waals surface area contributed by atoms with E-state index in [1.165, 1.54) is 19.1 Å². The largest absolute Gasteiger partial charge is 0.530 e. The first-order valence-electron chi connectivity index (χ1n) is 5.02. The average molecular weight is 272 g/mol. The Balaban J connectivity index is 2.57. The molecule has 0 saturated heterocycles. The maximum absolute atomic E-state index is 11.6. The molecule has 1 aromatic rings. The van der Waals surface area contributed by atoms with Crippen LogP contribution in [0, 0.1) is 0 Å². The quantitative estimate of drug-likeness (QED) is 0.370. The van der Waals surface area contributed by atoms with Gasteiger partial charge in [-0.25, -0.2) is 13.9 Å². The van der Waals surface area contributed by atoms with Gasteiger partial charge >= 0.3 is 13.8 Å². The lowest BCUT2D eigenvalue weighted by atomic mass is 10.3. The summed E-state index contributed by atoms with van der Waals surface area (Å²) >= 11 is 0. The minimum atomic E-state index is -4.35. The van der Waals surface area contributed by atoms with E-state index in [0.717, 1.165) is 6.08 Å². The van der Waals surface area contributed by atoms with Gasteiger partial charge in [0.1, 0.15) is 5.75 Å². The molecule has 0 aliphatic heterocycles. The third-order valence-corrected chi connectivity index (χ3v) is 2.70. The highest BCUT2D eigenvalue weighted by Gasteiger charge is 2.27. The molecule has 0 aliphatic rings. The number of hydrogen-bond donors (Lipinski definition) is 1. The minimum Gasteiger partial charge on any atom is -0.432 e. The van der Waals surface area contributed by atoms with E-state index in [1.54, 1.807) is 18.2 Å². The van der Waals surface area contributed by atoms with Crippen molar-refractivity contribution in [3.05, 3.63) is 43.0 Å². The van der Waals surface area contributed by atoms with E-state index in [1.807, 2.05) is 0 Å². The standard InChI is InChI=1S/C11H13O6P/c1-3-11(12)15-9(2)16-18(13,14)17-10-7-5-4-6-8-10/h3-9H,1H2,2H3,(H,13,14). The molecule has 98 valence electrons. The lowest BCUT2D eigenvalue weighted by Crippen LogP contribution is -2.16. The molecule has 0 aliphatic carbocycles. The van der Waals surface area contributed by atoms with Crippen molar-refractivity contribution in [1.82, 2.24) is 0 Å². The van der Waals surface area contributed by atoms with E-state index in [9.17, 15) is 14.3 Å². The van der Waals surface area contributed by atoms with Gasteiger partial charge in [0, 0.05) is 6.08 Å². The normalized spacial score (nSPS) is 15.2. The van der Waals surface area contributed by atoms with Gasteiger partial charge in [-0.3, -0.25) is 4.89 Å². The first-order valence-corrected chi connectivity index (χ1v) is 6.51. The summed E-state index contributed by atoms with van der Waals surface area (Å²) in [5.74, 6) is -0.590. The summed E-state index contributed by atoms with van der Waals surface area (Å²) in [6.07, 6.45) is -0.310. The van der Waals surface area contributed by atoms with Crippen molar-refractivity contribution in [2.75, 3.05) is 0 Å². The summed E-state index contributed by atoms with van der Waals surface area (Å²) in [4.78, 5) is 20.3. The van der Waals surface area contributed by atoms with E-state index < -0.39 is 20.1 Å². The van der Waals surface area contributed by atoms with Gasteiger partial charge < -0.3 is 9.26 Å². The molecular formula is C11H13O6P. The van der Waals surface area contributed by atoms with Gasteiger partial charge in [0.05, 0.1) is 0 Å². The number of hydrogen-bond acceptors (Lipinski definition) is 5. The first-order chi connectivity index (χ1) is 8.43. The summed E-state index contributed by atoms with van der Waals surface area (Å²) < 4.78 is 25.5. The van der Waals surface area contributed by atoms with Gasteiger partial charge in [0.2, 0.25) is 6.29 Å². The van der Waals surface area contributed by atoms with E-state index in [-0.39, 0.29) is 5.75 Å². The Morgan fingerprint density at radius 2 is 2.06 bits per heavy atom. The molecule has 0 amide bonds. The second kappa shape index (κ2) is 6.35. The number of carbonyl (C=O) groups is 1.